The summed E-state index contributed by atoms with van der Waals surface area (Å²) in [6, 6.07) is 5.69. The van der Waals surface area contributed by atoms with Crippen molar-refractivity contribution in [3.05, 3.63) is 47.5 Å². The molecule has 1 heterocycles. The molecule has 2 unspecified atom stereocenters. The number of ether oxygens (including phenoxy) is 1. The summed E-state index contributed by atoms with van der Waals surface area (Å²) in [5.74, 6) is -1.08. The van der Waals surface area contributed by atoms with Gasteiger partial charge in [0.1, 0.15) is 6.04 Å². The van der Waals surface area contributed by atoms with Crippen molar-refractivity contribution >= 4 is 17.8 Å². The van der Waals surface area contributed by atoms with Crippen LogP contribution in [0.4, 0.5) is 0 Å². The second-order valence-corrected chi connectivity index (χ2v) is 5.98. The number of esters is 1. The number of rotatable bonds is 4. The van der Waals surface area contributed by atoms with Crippen LogP contribution in [0, 0.1) is 5.92 Å². The van der Waals surface area contributed by atoms with Crippen molar-refractivity contribution in [1.82, 2.24) is 4.90 Å². The van der Waals surface area contributed by atoms with Gasteiger partial charge in [0.05, 0.1) is 17.7 Å². The van der Waals surface area contributed by atoms with Gasteiger partial charge < -0.3 is 4.74 Å². The summed E-state index contributed by atoms with van der Waals surface area (Å²) < 4.78 is 5.33. The average Bonchev–Trinajstić information content (AvgIpc) is 2.84. The van der Waals surface area contributed by atoms with Gasteiger partial charge in [0.25, 0.3) is 11.8 Å². The number of nitrogens with zero attached hydrogens (tertiary/aromatic N) is 1. The van der Waals surface area contributed by atoms with E-state index in [1.165, 1.54) is 6.92 Å². The SMILES string of the molecule is CC(C(=O)OCC1CC=CCC1)N1C(=O)c2ccccc2C1=O. The van der Waals surface area contributed by atoms with E-state index in [-0.39, 0.29) is 0 Å². The van der Waals surface area contributed by atoms with Crippen LogP contribution in [0.2, 0.25) is 0 Å². The van der Waals surface area contributed by atoms with Crippen molar-refractivity contribution in [3.63, 3.8) is 0 Å². The van der Waals surface area contributed by atoms with Gasteiger partial charge in [-0.05, 0) is 44.2 Å². The van der Waals surface area contributed by atoms with Crippen LogP contribution >= 0.6 is 0 Å². The maximum absolute atomic E-state index is 12.3. The lowest BCUT2D eigenvalue weighted by atomic mass is 9.95. The van der Waals surface area contributed by atoms with Crippen LogP contribution in [0.1, 0.15) is 46.9 Å². The molecule has 1 aromatic carbocycles. The smallest absolute Gasteiger partial charge is 0.329 e. The summed E-state index contributed by atoms with van der Waals surface area (Å²) in [6.45, 7) is 1.86. The standard InChI is InChI=1S/C18H19NO4/c1-12(18(22)23-11-13-7-3-2-4-8-13)19-16(20)14-9-5-6-10-15(14)17(19)21/h2-3,5-6,9-10,12-13H,4,7-8,11H2,1H3. The molecule has 1 aliphatic carbocycles. The minimum atomic E-state index is -0.915. The zero-order valence-electron chi connectivity index (χ0n) is 13.0. The Hall–Kier alpha value is -2.43. The third kappa shape index (κ3) is 2.91. The first kappa shape index (κ1) is 15.5. The lowest BCUT2D eigenvalue weighted by Crippen LogP contribution is -2.44. The van der Waals surface area contributed by atoms with E-state index in [4.69, 9.17) is 4.74 Å². The van der Waals surface area contributed by atoms with E-state index in [0.29, 0.717) is 23.7 Å². The van der Waals surface area contributed by atoms with Crippen LogP contribution in [0.3, 0.4) is 0 Å². The van der Waals surface area contributed by atoms with Crippen LogP contribution in [0.5, 0.6) is 0 Å². The minimum Gasteiger partial charge on any atom is -0.464 e. The van der Waals surface area contributed by atoms with Crippen LogP contribution in [0.15, 0.2) is 36.4 Å². The van der Waals surface area contributed by atoms with Crippen molar-refractivity contribution in [3.8, 4) is 0 Å². The van der Waals surface area contributed by atoms with Gasteiger partial charge in [0.2, 0.25) is 0 Å². The molecule has 3 rings (SSSR count). The molecule has 2 amide bonds. The van der Waals surface area contributed by atoms with Crippen molar-refractivity contribution in [2.45, 2.75) is 32.2 Å². The number of carbonyl (C=O) groups excluding carboxylic acids is 3. The highest BCUT2D eigenvalue weighted by Gasteiger charge is 2.41. The topological polar surface area (TPSA) is 63.7 Å². The van der Waals surface area contributed by atoms with Gasteiger partial charge in [-0.1, -0.05) is 24.3 Å². The maximum Gasteiger partial charge on any atom is 0.329 e. The Bertz CT molecular complexity index is 644. The monoisotopic (exact) mass is 313 g/mol. The number of amides is 2. The summed E-state index contributed by atoms with van der Waals surface area (Å²) in [5, 5.41) is 0. The van der Waals surface area contributed by atoms with Gasteiger partial charge in [0, 0.05) is 0 Å². The quantitative estimate of drug-likeness (QED) is 0.487. The lowest BCUT2D eigenvalue weighted by molar-refractivity contribution is -0.149. The van der Waals surface area contributed by atoms with Crippen LogP contribution < -0.4 is 0 Å². The molecule has 120 valence electrons. The van der Waals surface area contributed by atoms with Gasteiger partial charge >= 0.3 is 5.97 Å². The third-order valence-corrected chi connectivity index (χ3v) is 4.39. The molecule has 0 aromatic heterocycles. The number of imide groups is 1. The molecule has 0 bridgehead atoms. The Morgan fingerprint density at radius 3 is 2.43 bits per heavy atom. The third-order valence-electron chi connectivity index (χ3n) is 4.39. The number of hydrogen-bond donors (Lipinski definition) is 0. The van der Waals surface area contributed by atoms with E-state index in [1.807, 2.05) is 0 Å². The highest BCUT2D eigenvalue weighted by Crippen LogP contribution is 2.25. The molecule has 2 atom stereocenters. The summed E-state index contributed by atoms with van der Waals surface area (Å²) in [7, 11) is 0. The molecular weight excluding hydrogens is 294 g/mol. The van der Waals surface area contributed by atoms with Crippen molar-refractivity contribution in [2.24, 2.45) is 5.92 Å². The fourth-order valence-electron chi connectivity index (χ4n) is 2.99. The molecule has 0 saturated heterocycles. The van der Waals surface area contributed by atoms with E-state index in [9.17, 15) is 14.4 Å². The Kier molecular flexibility index (Phi) is 4.28. The molecule has 23 heavy (non-hydrogen) atoms. The number of hydrogen-bond acceptors (Lipinski definition) is 4. The zero-order valence-corrected chi connectivity index (χ0v) is 13.0. The van der Waals surface area contributed by atoms with E-state index in [2.05, 4.69) is 12.2 Å². The molecule has 1 aromatic rings. The Morgan fingerprint density at radius 1 is 1.22 bits per heavy atom. The molecule has 5 nitrogen and oxygen atoms in total. The first-order valence-electron chi connectivity index (χ1n) is 7.88. The maximum atomic E-state index is 12.3. The largest absolute Gasteiger partial charge is 0.464 e. The van der Waals surface area contributed by atoms with Crippen molar-refractivity contribution < 1.29 is 19.1 Å². The zero-order chi connectivity index (χ0) is 16.4. The first-order chi connectivity index (χ1) is 11.1. The van der Waals surface area contributed by atoms with E-state index in [1.54, 1.807) is 24.3 Å². The first-order valence-corrected chi connectivity index (χ1v) is 7.88. The van der Waals surface area contributed by atoms with E-state index in [0.717, 1.165) is 24.2 Å². The second-order valence-electron chi connectivity index (χ2n) is 5.98. The van der Waals surface area contributed by atoms with Crippen LogP contribution in [-0.4, -0.2) is 35.3 Å². The average molecular weight is 313 g/mol. The normalized spacial score (nSPS) is 21.3. The van der Waals surface area contributed by atoms with Gasteiger partial charge in [0.15, 0.2) is 0 Å². The van der Waals surface area contributed by atoms with Crippen molar-refractivity contribution in [2.75, 3.05) is 6.61 Å². The Balaban J connectivity index is 1.65. The van der Waals surface area contributed by atoms with E-state index < -0.39 is 23.8 Å². The highest BCUT2D eigenvalue weighted by atomic mass is 16.5. The molecule has 0 spiro atoms. The van der Waals surface area contributed by atoms with Crippen LogP contribution in [-0.2, 0) is 9.53 Å². The summed E-state index contributed by atoms with van der Waals surface area (Å²) in [5.41, 5.74) is 0.684. The summed E-state index contributed by atoms with van der Waals surface area (Å²) in [6.07, 6.45) is 7.10. The van der Waals surface area contributed by atoms with Gasteiger partial charge in [-0.2, -0.15) is 0 Å². The molecule has 1 aliphatic heterocycles. The predicted octanol–water partition coefficient (Wildman–Crippen LogP) is 2.57. The molecular formula is C18H19NO4. The Morgan fingerprint density at radius 2 is 1.87 bits per heavy atom. The number of carbonyl (C=O) groups is 3. The predicted molar refractivity (Wildman–Crippen MR) is 83.8 cm³/mol. The highest BCUT2D eigenvalue weighted by molar-refractivity contribution is 6.22. The molecule has 0 radical (unpaired) electrons. The molecule has 0 fully saturated rings. The van der Waals surface area contributed by atoms with Crippen molar-refractivity contribution in [1.29, 1.82) is 0 Å². The second kappa shape index (κ2) is 6.36. The number of benzene rings is 1. The minimum absolute atomic E-state index is 0.318. The fraction of sp³-hybridized carbons (Fsp3) is 0.389. The number of fused-ring (bicyclic) bond motifs is 1. The van der Waals surface area contributed by atoms with Gasteiger partial charge in [-0.3, -0.25) is 14.5 Å². The van der Waals surface area contributed by atoms with E-state index >= 15 is 0 Å². The fourth-order valence-corrected chi connectivity index (χ4v) is 2.99. The van der Waals surface area contributed by atoms with Gasteiger partial charge in [-0.15, -0.1) is 0 Å². The summed E-state index contributed by atoms with van der Waals surface area (Å²) >= 11 is 0. The molecule has 0 N–H and O–H groups in total. The molecule has 2 aliphatic rings. The number of allylic oxidation sites excluding steroid dienone is 2. The summed E-state index contributed by atoms with van der Waals surface area (Å²) in [4.78, 5) is 37.9. The van der Waals surface area contributed by atoms with Crippen LogP contribution in [0.25, 0.3) is 0 Å². The van der Waals surface area contributed by atoms with Gasteiger partial charge in [-0.25, -0.2) is 4.79 Å². The molecule has 0 saturated carbocycles. The lowest BCUT2D eigenvalue weighted by Gasteiger charge is -2.23. The molecule has 5 heteroatoms. The Labute approximate surface area is 134 Å².